The van der Waals surface area contributed by atoms with Crippen LogP contribution >= 0.6 is 11.6 Å². The Morgan fingerprint density at radius 3 is 2.15 bits per heavy atom. The summed E-state index contributed by atoms with van der Waals surface area (Å²) in [7, 11) is -7.92. The number of sulfone groups is 1. The van der Waals surface area contributed by atoms with Gasteiger partial charge in [0, 0.05) is 29.0 Å². The standard InChI is InChI=1S/C27H23ClF3NO5S2/c1-38(34,35)22-13-11-19(12-14-22)15-16-26(33,27(29,30)31)24-7-2-3-8-25(24)32(18-20-9-10-20)39(36,37)23-6-4-5-21(28)17-23/h2-8,11-14,17,20,33H,9-10,18H2,1H3. The van der Waals surface area contributed by atoms with Crippen LogP contribution in [-0.4, -0.2) is 40.9 Å². The second-order valence-corrected chi connectivity index (χ2v) is 13.5. The molecule has 0 bridgehead atoms. The molecule has 4 rings (SSSR count). The van der Waals surface area contributed by atoms with Crippen LogP contribution < -0.4 is 4.31 Å². The Labute approximate surface area is 230 Å². The molecule has 0 amide bonds. The molecule has 39 heavy (non-hydrogen) atoms. The van der Waals surface area contributed by atoms with Gasteiger partial charge in [-0.2, -0.15) is 13.2 Å². The fourth-order valence-electron chi connectivity index (χ4n) is 3.85. The van der Waals surface area contributed by atoms with Crippen LogP contribution in [0.15, 0.2) is 82.6 Å². The molecule has 1 aliphatic rings. The summed E-state index contributed by atoms with van der Waals surface area (Å²) >= 11 is 5.99. The third kappa shape index (κ3) is 6.25. The van der Waals surface area contributed by atoms with Crippen molar-refractivity contribution in [3.8, 4) is 11.8 Å². The predicted octanol–water partition coefficient (Wildman–Crippen LogP) is 5.15. The molecule has 1 N–H and O–H groups in total. The lowest BCUT2D eigenvalue weighted by atomic mass is 9.91. The van der Waals surface area contributed by atoms with E-state index in [0.717, 1.165) is 16.6 Å². The first kappa shape index (κ1) is 29.0. The maximum absolute atomic E-state index is 14.5. The number of halogens is 4. The largest absolute Gasteiger partial charge is 0.433 e. The molecule has 1 saturated carbocycles. The van der Waals surface area contributed by atoms with Crippen molar-refractivity contribution in [2.75, 3.05) is 17.1 Å². The van der Waals surface area contributed by atoms with Gasteiger partial charge in [0.2, 0.25) is 0 Å². The molecular weight excluding hydrogens is 575 g/mol. The Hall–Kier alpha value is -3.04. The van der Waals surface area contributed by atoms with Crippen molar-refractivity contribution in [3.63, 3.8) is 0 Å². The van der Waals surface area contributed by atoms with Gasteiger partial charge in [-0.05, 0) is 73.2 Å². The minimum absolute atomic E-state index is 0.0175. The Morgan fingerprint density at radius 2 is 1.59 bits per heavy atom. The van der Waals surface area contributed by atoms with Crippen molar-refractivity contribution in [1.82, 2.24) is 0 Å². The molecule has 1 atom stereocenters. The topological polar surface area (TPSA) is 91.8 Å². The lowest BCUT2D eigenvalue weighted by Gasteiger charge is -2.32. The fourth-order valence-corrected chi connectivity index (χ4v) is 6.34. The summed E-state index contributed by atoms with van der Waals surface area (Å²) in [5.74, 6) is 4.08. The number of rotatable bonds is 7. The number of para-hydroxylation sites is 1. The summed E-state index contributed by atoms with van der Waals surface area (Å²) in [5, 5.41) is 11.2. The number of benzene rings is 3. The van der Waals surface area contributed by atoms with E-state index in [4.69, 9.17) is 11.6 Å². The van der Waals surface area contributed by atoms with E-state index < -0.39 is 37.2 Å². The van der Waals surface area contributed by atoms with E-state index in [1.54, 1.807) is 0 Å². The van der Waals surface area contributed by atoms with E-state index in [2.05, 4.69) is 5.92 Å². The molecule has 0 aromatic heterocycles. The second kappa shape index (κ2) is 10.5. The van der Waals surface area contributed by atoms with Gasteiger partial charge in [0.15, 0.2) is 9.84 Å². The summed E-state index contributed by atoms with van der Waals surface area (Å²) in [4.78, 5) is -0.260. The number of sulfonamides is 1. The van der Waals surface area contributed by atoms with Gasteiger partial charge in [0.1, 0.15) is 0 Å². The molecular formula is C27H23ClF3NO5S2. The molecule has 1 unspecified atom stereocenters. The fraction of sp³-hybridized carbons (Fsp3) is 0.259. The van der Waals surface area contributed by atoms with Gasteiger partial charge in [-0.15, -0.1) is 0 Å². The molecule has 1 fully saturated rings. The quantitative estimate of drug-likeness (QED) is 0.380. The number of aliphatic hydroxyl groups is 1. The average molecular weight is 598 g/mol. The van der Waals surface area contributed by atoms with Crippen LogP contribution in [-0.2, 0) is 25.5 Å². The van der Waals surface area contributed by atoms with Crippen molar-refractivity contribution in [1.29, 1.82) is 0 Å². The highest BCUT2D eigenvalue weighted by Crippen LogP contribution is 2.45. The first-order valence-electron chi connectivity index (χ1n) is 11.6. The van der Waals surface area contributed by atoms with Crippen LogP contribution in [0, 0.1) is 17.8 Å². The minimum Gasteiger partial charge on any atom is -0.366 e. The third-order valence-corrected chi connectivity index (χ3v) is 9.29. The SMILES string of the molecule is CS(=O)(=O)c1ccc(C#CC(O)(c2ccccc2N(CC2CC2)S(=O)(=O)c2cccc(Cl)c2)C(F)(F)F)cc1. The van der Waals surface area contributed by atoms with Crippen molar-refractivity contribution >= 4 is 37.1 Å². The zero-order valence-corrected chi connectivity index (χ0v) is 22.9. The molecule has 0 saturated heterocycles. The van der Waals surface area contributed by atoms with Crippen molar-refractivity contribution < 1.29 is 35.1 Å². The number of hydrogen-bond acceptors (Lipinski definition) is 5. The van der Waals surface area contributed by atoms with E-state index in [9.17, 15) is 35.1 Å². The highest BCUT2D eigenvalue weighted by molar-refractivity contribution is 7.92. The summed E-state index contributed by atoms with van der Waals surface area (Å²) in [6, 6.07) is 15.0. The normalized spacial score (nSPS) is 15.6. The Kier molecular flexibility index (Phi) is 7.80. The van der Waals surface area contributed by atoms with Gasteiger partial charge in [-0.1, -0.05) is 41.8 Å². The highest BCUT2D eigenvalue weighted by Gasteiger charge is 2.56. The zero-order valence-electron chi connectivity index (χ0n) is 20.5. The molecule has 0 aliphatic heterocycles. The zero-order chi connectivity index (χ0) is 28.6. The van der Waals surface area contributed by atoms with E-state index in [-0.39, 0.29) is 38.5 Å². The molecule has 12 heteroatoms. The Bertz CT molecular complexity index is 1660. The molecule has 0 spiro atoms. The number of alkyl halides is 3. The van der Waals surface area contributed by atoms with Gasteiger partial charge < -0.3 is 5.11 Å². The molecule has 3 aromatic carbocycles. The molecule has 0 radical (unpaired) electrons. The second-order valence-electron chi connectivity index (χ2n) is 9.21. The van der Waals surface area contributed by atoms with Crippen LogP contribution in [0.2, 0.25) is 5.02 Å². The monoisotopic (exact) mass is 597 g/mol. The summed E-state index contributed by atoms with van der Waals surface area (Å²) in [6.45, 7) is -0.0970. The van der Waals surface area contributed by atoms with Crippen molar-refractivity contribution in [2.24, 2.45) is 5.92 Å². The van der Waals surface area contributed by atoms with Gasteiger partial charge in [0.05, 0.1) is 15.5 Å². The number of nitrogens with zero attached hydrogens (tertiary/aromatic N) is 1. The van der Waals surface area contributed by atoms with E-state index in [1.165, 1.54) is 66.7 Å². The summed E-state index contributed by atoms with van der Waals surface area (Å²) in [5.41, 5.74) is -4.87. The summed E-state index contributed by atoms with van der Waals surface area (Å²) < 4.78 is 95.1. The van der Waals surface area contributed by atoms with Gasteiger partial charge in [-0.3, -0.25) is 4.31 Å². The third-order valence-electron chi connectivity index (χ3n) is 6.15. The smallest absolute Gasteiger partial charge is 0.366 e. The summed E-state index contributed by atoms with van der Waals surface area (Å²) in [6.07, 6.45) is -2.93. The molecule has 6 nitrogen and oxygen atoms in total. The molecule has 3 aromatic rings. The lowest BCUT2D eigenvalue weighted by molar-refractivity contribution is -0.240. The number of hydrogen-bond donors (Lipinski definition) is 1. The molecule has 206 valence electrons. The average Bonchev–Trinajstić information content (AvgIpc) is 3.69. The maximum atomic E-state index is 14.5. The van der Waals surface area contributed by atoms with Gasteiger partial charge in [-0.25, -0.2) is 16.8 Å². The highest BCUT2D eigenvalue weighted by atomic mass is 35.5. The first-order chi connectivity index (χ1) is 18.1. The predicted molar refractivity (Wildman–Crippen MR) is 142 cm³/mol. The van der Waals surface area contributed by atoms with Crippen LogP contribution in [0.5, 0.6) is 0 Å². The van der Waals surface area contributed by atoms with E-state index in [1.807, 2.05) is 5.92 Å². The van der Waals surface area contributed by atoms with E-state index in [0.29, 0.717) is 12.8 Å². The van der Waals surface area contributed by atoms with Gasteiger partial charge in [0.25, 0.3) is 15.6 Å². The lowest BCUT2D eigenvalue weighted by Crippen LogP contribution is -2.43. The molecule has 1 aliphatic carbocycles. The maximum Gasteiger partial charge on any atom is 0.433 e. The van der Waals surface area contributed by atoms with Crippen LogP contribution in [0.4, 0.5) is 18.9 Å². The van der Waals surface area contributed by atoms with E-state index >= 15 is 0 Å². The van der Waals surface area contributed by atoms with Gasteiger partial charge >= 0.3 is 6.18 Å². The Balaban J connectivity index is 1.86. The minimum atomic E-state index is -5.33. The molecule has 0 heterocycles. The van der Waals surface area contributed by atoms with Crippen LogP contribution in [0.25, 0.3) is 0 Å². The van der Waals surface area contributed by atoms with Crippen LogP contribution in [0.1, 0.15) is 24.0 Å². The van der Waals surface area contributed by atoms with Crippen LogP contribution in [0.3, 0.4) is 0 Å². The Morgan fingerprint density at radius 1 is 0.949 bits per heavy atom. The first-order valence-corrected chi connectivity index (χ1v) is 15.3. The number of anilines is 1. The van der Waals surface area contributed by atoms with Crippen molar-refractivity contribution in [3.05, 3.63) is 88.9 Å². The van der Waals surface area contributed by atoms with Crippen molar-refractivity contribution in [2.45, 2.75) is 34.4 Å².